The molecule has 4 rings (SSSR count). The van der Waals surface area contributed by atoms with E-state index >= 15 is 0 Å². The summed E-state index contributed by atoms with van der Waals surface area (Å²) >= 11 is 0. The zero-order valence-electron chi connectivity index (χ0n) is 22.1. The molecule has 2 aromatic rings. The van der Waals surface area contributed by atoms with Crippen molar-refractivity contribution in [1.82, 2.24) is 0 Å². The summed E-state index contributed by atoms with van der Waals surface area (Å²) in [7, 11) is 0. The normalized spacial score (nSPS) is 14.3. The van der Waals surface area contributed by atoms with Gasteiger partial charge in [-0.2, -0.15) is 0 Å². The second-order valence-electron chi connectivity index (χ2n) is 10.9. The van der Waals surface area contributed by atoms with E-state index in [9.17, 15) is 4.79 Å². The van der Waals surface area contributed by atoms with E-state index in [4.69, 9.17) is 4.74 Å². The van der Waals surface area contributed by atoms with Crippen LogP contribution in [0.2, 0.25) is 0 Å². The maximum Gasteiger partial charge on any atom is 0.163 e. The minimum absolute atomic E-state index is 0.277. The Morgan fingerprint density at radius 2 is 1.37 bits per heavy atom. The van der Waals surface area contributed by atoms with Crippen LogP contribution in [0.15, 0.2) is 30.3 Å². The first-order chi connectivity index (χ1) is 17.3. The van der Waals surface area contributed by atoms with Crippen molar-refractivity contribution in [1.29, 1.82) is 0 Å². The van der Waals surface area contributed by atoms with Crippen LogP contribution in [0.5, 0.6) is 5.75 Å². The highest BCUT2D eigenvalue weighted by Gasteiger charge is 2.25. The molecular formula is C33H46O2. The van der Waals surface area contributed by atoms with E-state index in [1.165, 1.54) is 118 Å². The third-order valence-corrected chi connectivity index (χ3v) is 8.04. The van der Waals surface area contributed by atoms with Gasteiger partial charge in [0.2, 0.25) is 0 Å². The Morgan fingerprint density at radius 3 is 2.06 bits per heavy atom. The van der Waals surface area contributed by atoms with Crippen molar-refractivity contribution in [3.63, 3.8) is 0 Å². The molecule has 0 amide bonds. The number of carbonyl (C=O) groups excluding carboxylic acids is 1. The Morgan fingerprint density at radius 1 is 0.714 bits per heavy atom. The van der Waals surface area contributed by atoms with Crippen LogP contribution in [0.4, 0.5) is 0 Å². The largest absolute Gasteiger partial charge is 0.488 e. The van der Waals surface area contributed by atoms with Gasteiger partial charge in [0.1, 0.15) is 12.4 Å². The zero-order chi connectivity index (χ0) is 24.3. The fraction of sp³-hybridized carbons (Fsp3) is 0.606. The van der Waals surface area contributed by atoms with E-state index in [0.717, 1.165) is 30.6 Å². The van der Waals surface area contributed by atoms with Crippen LogP contribution in [0, 0.1) is 0 Å². The lowest BCUT2D eigenvalue weighted by Gasteiger charge is -2.26. The molecule has 0 unspecified atom stereocenters. The number of ether oxygens (including phenoxy) is 1. The summed E-state index contributed by atoms with van der Waals surface area (Å²) in [5.74, 6) is 1.18. The summed E-state index contributed by atoms with van der Waals surface area (Å²) in [6.07, 6.45) is 23.3. The van der Waals surface area contributed by atoms with Gasteiger partial charge in [0.05, 0.1) is 0 Å². The Hall–Kier alpha value is -2.09. The smallest absolute Gasteiger partial charge is 0.163 e. The van der Waals surface area contributed by atoms with Crippen molar-refractivity contribution < 1.29 is 9.53 Å². The van der Waals surface area contributed by atoms with Gasteiger partial charge in [0.15, 0.2) is 5.78 Å². The third-order valence-electron chi connectivity index (χ3n) is 8.04. The Bertz CT molecular complexity index is 958. The third kappa shape index (κ3) is 7.21. The molecular weight excluding hydrogens is 428 g/mol. The number of fused-ring (bicyclic) bond motifs is 4. The molecule has 0 aromatic heterocycles. The standard InChI is InChI=1S/C33H46O2/c1-2-3-4-5-6-7-8-9-10-11-12-13-14-15-18-26-19-16-21-28-25-35-32-24-29-27(20-17-22-31(29)34)23-30(32)33(26)28/h16,19,21,23-24H,2-15,17-18,20,22,25H2,1H3. The molecule has 2 aliphatic rings. The minimum Gasteiger partial charge on any atom is -0.488 e. The number of hydrogen-bond acceptors (Lipinski definition) is 2. The minimum atomic E-state index is 0.277. The number of rotatable bonds is 15. The maximum absolute atomic E-state index is 12.4. The molecule has 1 heterocycles. The number of hydrogen-bond donors (Lipinski definition) is 0. The lowest BCUT2D eigenvalue weighted by atomic mass is 9.84. The summed E-state index contributed by atoms with van der Waals surface area (Å²) in [6.45, 7) is 2.90. The highest BCUT2D eigenvalue weighted by atomic mass is 16.5. The molecule has 0 fully saturated rings. The van der Waals surface area contributed by atoms with Crippen molar-refractivity contribution >= 4 is 5.78 Å². The van der Waals surface area contributed by atoms with Crippen molar-refractivity contribution in [2.75, 3.05) is 0 Å². The molecule has 0 atom stereocenters. The molecule has 0 bridgehead atoms. The SMILES string of the molecule is CCCCCCCCCCCCCCCCc1cccc2c1-c1cc3c(cc1OC2)C(=O)CCC3. The quantitative estimate of drug-likeness (QED) is 0.240. The lowest BCUT2D eigenvalue weighted by molar-refractivity contribution is 0.0972. The number of aryl methyl sites for hydroxylation is 2. The van der Waals surface area contributed by atoms with Crippen LogP contribution in [0.1, 0.15) is 137 Å². The molecule has 0 saturated heterocycles. The van der Waals surface area contributed by atoms with Crippen molar-refractivity contribution in [3.8, 4) is 16.9 Å². The molecule has 0 saturated carbocycles. The summed E-state index contributed by atoms with van der Waals surface area (Å²) in [6, 6.07) is 11.0. The second-order valence-corrected chi connectivity index (χ2v) is 10.9. The monoisotopic (exact) mass is 474 g/mol. The van der Waals surface area contributed by atoms with Crippen molar-refractivity contribution in [2.45, 2.75) is 129 Å². The fourth-order valence-corrected chi connectivity index (χ4v) is 5.97. The maximum atomic E-state index is 12.4. The van der Waals surface area contributed by atoms with E-state index < -0.39 is 0 Å². The number of benzene rings is 2. The molecule has 0 spiro atoms. The van der Waals surface area contributed by atoms with Gasteiger partial charge in [0.25, 0.3) is 0 Å². The number of Topliss-reactive ketones (excluding diaryl/α,β-unsaturated/α-hetero) is 1. The molecule has 35 heavy (non-hydrogen) atoms. The van der Waals surface area contributed by atoms with Gasteiger partial charge in [-0.05, 0) is 60.1 Å². The lowest BCUT2D eigenvalue weighted by Crippen LogP contribution is -2.14. The van der Waals surface area contributed by atoms with Crippen LogP contribution >= 0.6 is 0 Å². The summed E-state index contributed by atoms with van der Waals surface area (Å²) < 4.78 is 6.09. The highest BCUT2D eigenvalue weighted by Crippen LogP contribution is 2.43. The van der Waals surface area contributed by atoms with Crippen molar-refractivity contribution in [3.05, 3.63) is 52.6 Å². The summed E-state index contributed by atoms with van der Waals surface area (Å²) in [4.78, 5) is 12.4. The van der Waals surface area contributed by atoms with Crippen molar-refractivity contribution in [2.24, 2.45) is 0 Å². The molecule has 1 aliphatic carbocycles. The average molecular weight is 475 g/mol. The van der Waals surface area contributed by atoms with E-state index in [0.29, 0.717) is 13.0 Å². The molecule has 2 heteroatoms. The first kappa shape index (κ1) is 26.0. The number of ketones is 1. The van der Waals surface area contributed by atoms with Crippen LogP contribution in [-0.4, -0.2) is 5.78 Å². The average Bonchev–Trinajstić information content (AvgIpc) is 2.88. The van der Waals surface area contributed by atoms with E-state index in [-0.39, 0.29) is 5.78 Å². The molecule has 2 aromatic carbocycles. The van der Waals surface area contributed by atoms with Crippen LogP contribution in [0.3, 0.4) is 0 Å². The first-order valence-corrected chi connectivity index (χ1v) is 14.7. The summed E-state index contributed by atoms with van der Waals surface area (Å²) in [5.41, 5.74) is 7.44. The first-order valence-electron chi connectivity index (χ1n) is 14.7. The second kappa shape index (κ2) is 13.9. The molecule has 1 aliphatic heterocycles. The van der Waals surface area contributed by atoms with E-state index in [2.05, 4.69) is 31.2 Å². The molecule has 0 N–H and O–H groups in total. The Kier molecular flexibility index (Phi) is 10.3. The zero-order valence-corrected chi connectivity index (χ0v) is 22.1. The Labute approximate surface area is 213 Å². The predicted octanol–water partition coefficient (Wildman–Crippen LogP) is 9.79. The summed E-state index contributed by atoms with van der Waals surface area (Å²) in [5, 5.41) is 0. The predicted molar refractivity (Wildman–Crippen MR) is 147 cm³/mol. The molecule has 0 radical (unpaired) electrons. The van der Waals surface area contributed by atoms with E-state index in [1.807, 2.05) is 6.07 Å². The topological polar surface area (TPSA) is 26.3 Å². The van der Waals surface area contributed by atoms with Crippen LogP contribution in [-0.2, 0) is 19.4 Å². The molecule has 190 valence electrons. The van der Waals surface area contributed by atoms with Gasteiger partial charge < -0.3 is 4.74 Å². The van der Waals surface area contributed by atoms with Crippen LogP contribution < -0.4 is 4.74 Å². The van der Waals surface area contributed by atoms with Gasteiger partial charge >= 0.3 is 0 Å². The van der Waals surface area contributed by atoms with Gasteiger partial charge in [-0.15, -0.1) is 0 Å². The number of unbranched alkanes of at least 4 members (excludes halogenated alkanes) is 13. The van der Waals surface area contributed by atoms with Crippen LogP contribution in [0.25, 0.3) is 11.1 Å². The van der Waals surface area contributed by atoms with Gasteiger partial charge in [-0.3, -0.25) is 4.79 Å². The van der Waals surface area contributed by atoms with Gasteiger partial charge in [-0.25, -0.2) is 0 Å². The van der Waals surface area contributed by atoms with Gasteiger partial charge in [-0.1, -0.05) is 109 Å². The Balaban J connectivity index is 1.19. The van der Waals surface area contributed by atoms with E-state index in [1.54, 1.807) is 0 Å². The number of carbonyl (C=O) groups is 1. The highest BCUT2D eigenvalue weighted by molar-refractivity contribution is 6.00. The fourth-order valence-electron chi connectivity index (χ4n) is 5.97. The molecule has 2 nitrogen and oxygen atoms in total. The van der Waals surface area contributed by atoms with Gasteiger partial charge in [0, 0.05) is 17.5 Å².